The lowest BCUT2D eigenvalue weighted by atomic mass is 9.87. The first kappa shape index (κ1) is 14.8. The molecule has 2 aromatic carbocycles. The third kappa shape index (κ3) is 2.18. The Labute approximate surface area is 140 Å². The largest absolute Gasteiger partial charge is 0.330 e. The van der Waals surface area contributed by atoms with E-state index in [9.17, 15) is 4.79 Å². The highest BCUT2D eigenvalue weighted by atomic mass is 16.1. The van der Waals surface area contributed by atoms with E-state index in [0.29, 0.717) is 11.4 Å². The molecule has 120 valence electrons. The number of benzene rings is 2. The molecular weight excluding hydrogens is 298 g/mol. The molecule has 0 fully saturated rings. The molecule has 0 radical (unpaired) electrons. The second-order valence-electron chi connectivity index (χ2n) is 6.21. The first-order valence-electron chi connectivity index (χ1n) is 8.34. The van der Waals surface area contributed by atoms with Crippen LogP contribution in [-0.2, 0) is 7.05 Å². The van der Waals surface area contributed by atoms with E-state index in [2.05, 4.69) is 24.0 Å². The van der Waals surface area contributed by atoms with Crippen LogP contribution < -0.4 is 0 Å². The van der Waals surface area contributed by atoms with E-state index in [4.69, 9.17) is 4.99 Å². The standard InChI is InChI=1S/C20H19N3O/c1-3-4-9-21-17-15-10-13-7-5-6-8-14(13)11-16(15)20(24)19-18(17)22-12-23(19)2/h5-8,10-12H,3-4,9H2,1-2H3. The minimum Gasteiger partial charge on any atom is -0.330 e. The average molecular weight is 317 g/mol. The summed E-state index contributed by atoms with van der Waals surface area (Å²) in [6, 6.07) is 12.2. The molecule has 1 aliphatic carbocycles. The van der Waals surface area contributed by atoms with Gasteiger partial charge in [0.05, 0.1) is 12.0 Å². The maximum atomic E-state index is 13.0. The van der Waals surface area contributed by atoms with Crippen LogP contribution in [0.3, 0.4) is 0 Å². The topological polar surface area (TPSA) is 47.2 Å². The second-order valence-corrected chi connectivity index (χ2v) is 6.21. The summed E-state index contributed by atoms with van der Waals surface area (Å²) in [5, 5.41) is 2.19. The summed E-state index contributed by atoms with van der Waals surface area (Å²) >= 11 is 0. The zero-order valence-electron chi connectivity index (χ0n) is 13.9. The van der Waals surface area contributed by atoms with Gasteiger partial charge >= 0.3 is 0 Å². The summed E-state index contributed by atoms with van der Waals surface area (Å²) in [7, 11) is 1.86. The van der Waals surface area contributed by atoms with Gasteiger partial charge in [-0.2, -0.15) is 0 Å². The fourth-order valence-corrected chi connectivity index (χ4v) is 3.26. The lowest BCUT2D eigenvalue weighted by Crippen LogP contribution is -2.23. The Hall–Kier alpha value is -2.75. The van der Waals surface area contributed by atoms with E-state index < -0.39 is 0 Å². The van der Waals surface area contributed by atoms with Crippen LogP contribution in [0.25, 0.3) is 10.8 Å². The molecule has 1 heterocycles. The van der Waals surface area contributed by atoms with Crippen LogP contribution >= 0.6 is 0 Å². The minimum atomic E-state index is 0.0280. The molecule has 0 unspecified atom stereocenters. The lowest BCUT2D eigenvalue weighted by Gasteiger charge is -2.19. The Morgan fingerprint density at radius 1 is 1.12 bits per heavy atom. The predicted molar refractivity (Wildman–Crippen MR) is 96.0 cm³/mol. The second kappa shape index (κ2) is 5.71. The number of carbonyl (C=O) groups is 1. The van der Waals surface area contributed by atoms with Gasteiger partial charge in [-0.1, -0.05) is 37.6 Å². The van der Waals surface area contributed by atoms with E-state index in [1.54, 1.807) is 10.9 Å². The molecule has 0 saturated carbocycles. The van der Waals surface area contributed by atoms with Gasteiger partial charge < -0.3 is 4.57 Å². The van der Waals surface area contributed by atoms with Crippen molar-refractivity contribution in [3.05, 3.63) is 65.2 Å². The molecule has 0 amide bonds. The monoisotopic (exact) mass is 317 g/mol. The Morgan fingerprint density at radius 3 is 2.54 bits per heavy atom. The van der Waals surface area contributed by atoms with Crippen LogP contribution in [0.2, 0.25) is 0 Å². The quantitative estimate of drug-likeness (QED) is 0.540. The summed E-state index contributed by atoms with van der Waals surface area (Å²) < 4.78 is 1.80. The fraction of sp³-hybridized carbons (Fsp3) is 0.250. The van der Waals surface area contributed by atoms with Crippen molar-refractivity contribution in [2.45, 2.75) is 19.8 Å². The van der Waals surface area contributed by atoms with E-state index in [-0.39, 0.29) is 5.78 Å². The molecule has 0 aliphatic heterocycles. The number of nitrogens with zero attached hydrogens (tertiary/aromatic N) is 3. The Bertz CT molecular complexity index is 982. The van der Waals surface area contributed by atoms with Crippen LogP contribution in [0.4, 0.5) is 0 Å². The van der Waals surface area contributed by atoms with Crippen LogP contribution in [0.5, 0.6) is 0 Å². The van der Waals surface area contributed by atoms with Crippen molar-refractivity contribution >= 4 is 22.3 Å². The Kier molecular flexibility index (Phi) is 3.53. The zero-order chi connectivity index (χ0) is 16.7. The van der Waals surface area contributed by atoms with E-state index >= 15 is 0 Å². The molecule has 4 rings (SSSR count). The van der Waals surface area contributed by atoms with Gasteiger partial charge in [-0.05, 0) is 29.3 Å². The number of aromatic nitrogens is 2. The fourth-order valence-electron chi connectivity index (χ4n) is 3.26. The number of fused-ring (bicyclic) bond motifs is 3. The van der Waals surface area contributed by atoms with Gasteiger partial charge in [0.1, 0.15) is 11.4 Å². The number of rotatable bonds is 3. The van der Waals surface area contributed by atoms with Crippen molar-refractivity contribution in [2.24, 2.45) is 12.0 Å². The van der Waals surface area contributed by atoms with Gasteiger partial charge in [0, 0.05) is 24.7 Å². The first-order valence-corrected chi connectivity index (χ1v) is 8.34. The van der Waals surface area contributed by atoms with E-state index in [1.165, 1.54) is 0 Å². The number of aliphatic imine (C=N–C) groups is 1. The van der Waals surface area contributed by atoms with Crippen molar-refractivity contribution in [1.29, 1.82) is 0 Å². The third-order valence-corrected chi connectivity index (χ3v) is 4.54. The minimum absolute atomic E-state index is 0.0280. The highest BCUT2D eigenvalue weighted by Gasteiger charge is 2.32. The van der Waals surface area contributed by atoms with Crippen molar-refractivity contribution in [2.75, 3.05) is 6.54 Å². The summed E-state index contributed by atoms with van der Waals surface area (Å²) in [5.74, 6) is 0.0280. The normalized spacial score (nSPS) is 14.9. The zero-order valence-corrected chi connectivity index (χ0v) is 13.9. The molecular formula is C20H19N3O. The van der Waals surface area contributed by atoms with Gasteiger partial charge in [0.25, 0.3) is 0 Å². The van der Waals surface area contributed by atoms with Gasteiger partial charge in [-0.3, -0.25) is 9.79 Å². The summed E-state index contributed by atoms with van der Waals surface area (Å²) in [4.78, 5) is 22.2. The Morgan fingerprint density at radius 2 is 1.83 bits per heavy atom. The summed E-state index contributed by atoms with van der Waals surface area (Å²) in [6.07, 6.45) is 3.82. The molecule has 4 nitrogen and oxygen atoms in total. The molecule has 0 N–H and O–H groups in total. The van der Waals surface area contributed by atoms with Crippen LogP contribution in [-0.4, -0.2) is 27.6 Å². The molecule has 0 saturated heterocycles. The Balaban J connectivity index is 1.98. The van der Waals surface area contributed by atoms with Gasteiger partial charge in [-0.15, -0.1) is 0 Å². The SMILES string of the molecule is CCCCN=C1c2cc3ccccc3cc2C(=O)c2c1ncn2C. The number of unbranched alkanes of at least 4 members (excludes halogenated alkanes) is 1. The van der Waals surface area contributed by atoms with Crippen LogP contribution in [0.1, 0.15) is 47.1 Å². The summed E-state index contributed by atoms with van der Waals surface area (Å²) in [5.41, 5.74) is 3.81. The number of ketones is 1. The average Bonchev–Trinajstić information content (AvgIpc) is 2.98. The van der Waals surface area contributed by atoms with Crippen molar-refractivity contribution in [3.8, 4) is 0 Å². The predicted octanol–water partition coefficient (Wildman–Crippen LogP) is 3.76. The third-order valence-electron chi connectivity index (χ3n) is 4.54. The van der Waals surface area contributed by atoms with Crippen LogP contribution in [0.15, 0.2) is 47.7 Å². The molecule has 1 aliphatic rings. The molecule has 0 bridgehead atoms. The molecule has 3 aromatic rings. The molecule has 4 heteroatoms. The van der Waals surface area contributed by atoms with E-state index in [0.717, 1.165) is 47.0 Å². The number of hydrogen-bond acceptors (Lipinski definition) is 3. The van der Waals surface area contributed by atoms with E-state index in [1.807, 2.05) is 31.3 Å². The van der Waals surface area contributed by atoms with Crippen molar-refractivity contribution < 1.29 is 4.79 Å². The van der Waals surface area contributed by atoms with Crippen molar-refractivity contribution in [1.82, 2.24) is 9.55 Å². The highest BCUT2D eigenvalue weighted by molar-refractivity contribution is 6.30. The van der Waals surface area contributed by atoms with Crippen LogP contribution in [0, 0.1) is 0 Å². The van der Waals surface area contributed by atoms with Gasteiger partial charge in [-0.25, -0.2) is 4.98 Å². The number of aryl methyl sites for hydroxylation is 1. The number of hydrogen-bond donors (Lipinski definition) is 0. The van der Waals surface area contributed by atoms with Gasteiger partial charge in [0.15, 0.2) is 0 Å². The van der Waals surface area contributed by atoms with Gasteiger partial charge in [0.2, 0.25) is 5.78 Å². The van der Waals surface area contributed by atoms with Crippen molar-refractivity contribution in [3.63, 3.8) is 0 Å². The summed E-state index contributed by atoms with van der Waals surface area (Å²) in [6.45, 7) is 2.90. The molecule has 0 atom stereocenters. The smallest absolute Gasteiger partial charge is 0.212 e. The first-order chi connectivity index (χ1) is 11.7. The maximum Gasteiger partial charge on any atom is 0.212 e. The number of imidazole rings is 1. The lowest BCUT2D eigenvalue weighted by molar-refractivity contribution is 0.103. The highest BCUT2D eigenvalue weighted by Crippen LogP contribution is 2.30. The number of carbonyl (C=O) groups excluding carboxylic acids is 1. The molecule has 1 aromatic heterocycles. The molecule has 24 heavy (non-hydrogen) atoms. The molecule has 0 spiro atoms. The maximum absolute atomic E-state index is 13.0.